The van der Waals surface area contributed by atoms with Crippen molar-refractivity contribution in [2.24, 2.45) is 0 Å². The maximum absolute atomic E-state index is 11.6. The first-order valence-electron chi connectivity index (χ1n) is 8.69. The molecule has 10 unspecified atom stereocenters. The molecule has 2 aliphatic rings. The molecule has 10 atom stereocenters. The van der Waals surface area contributed by atoms with Gasteiger partial charge in [-0.2, -0.15) is 0 Å². The summed E-state index contributed by atoms with van der Waals surface area (Å²) in [5.74, 6) is -0.415. The molecule has 0 aromatic heterocycles. The molecule has 29 heavy (non-hydrogen) atoms. The van der Waals surface area contributed by atoms with Crippen LogP contribution in [0.2, 0.25) is 0 Å². The molecule has 0 aromatic carbocycles. The van der Waals surface area contributed by atoms with E-state index < -0.39 is 73.9 Å². The van der Waals surface area contributed by atoms with E-state index in [0.717, 1.165) is 0 Å². The number of aliphatic hydroxyl groups is 4. The van der Waals surface area contributed by atoms with Gasteiger partial charge < -0.3 is 49.4 Å². The molecule has 0 bridgehead atoms. The van der Waals surface area contributed by atoms with E-state index in [2.05, 4.69) is 5.32 Å². The smallest absolute Gasteiger partial charge is 0.217 e. The van der Waals surface area contributed by atoms with Crippen LogP contribution in [-0.2, 0) is 28.5 Å². The number of hydrogen-bond donors (Lipinski definition) is 5. The highest BCUT2D eigenvalue weighted by atomic mass is 16.7. The number of aliphatic hydroxyl groups excluding tert-OH is 4. The summed E-state index contributed by atoms with van der Waals surface area (Å²) in [6.07, 6.45) is -9.82. The quantitative estimate of drug-likeness (QED) is 0.333. The molecule has 2 heterocycles. The summed E-state index contributed by atoms with van der Waals surface area (Å²) in [6.45, 7) is 2.39. The summed E-state index contributed by atoms with van der Waals surface area (Å²) >= 11 is 0. The Hall–Kier alpha value is -0.890. The molecule has 0 radical (unpaired) electrons. The van der Waals surface area contributed by atoms with Crippen molar-refractivity contribution < 1.29 is 48.9 Å². The first-order valence-corrected chi connectivity index (χ1v) is 8.69. The van der Waals surface area contributed by atoms with Gasteiger partial charge in [0.1, 0.15) is 42.7 Å². The van der Waals surface area contributed by atoms with E-state index in [1.807, 2.05) is 0 Å². The summed E-state index contributed by atoms with van der Waals surface area (Å²) in [5, 5.41) is 42.9. The third-order valence-corrected chi connectivity index (χ3v) is 4.80. The van der Waals surface area contributed by atoms with Crippen molar-refractivity contribution in [2.75, 3.05) is 20.8 Å². The topological polar surface area (TPSA) is 156 Å². The predicted octanol–water partition coefficient (Wildman–Crippen LogP) is -1.65. The lowest BCUT2D eigenvalue weighted by Gasteiger charge is -2.47. The number of carbonyl (C=O) groups excluding carboxylic acids is 1. The van der Waals surface area contributed by atoms with Crippen molar-refractivity contribution in [2.45, 2.75) is 90.1 Å². The van der Waals surface area contributed by atoms with Crippen LogP contribution in [0.5, 0.6) is 0 Å². The number of ether oxygens (including phenoxy) is 5. The van der Waals surface area contributed by atoms with Gasteiger partial charge in [0.15, 0.2) is 12.6 Å². The Bertz CT molecular complexity index is 495. The van der Waals surface area contributed by atoms with E-state index in [1.165, 1.54) is 21.1 Å². The summed E-state index contributed by atoms with van der Waals surface area (Å²) in [6, 6.07) is -0.929. The Kier molecular flexibility index (Phi) is 11.7. The van der Waals surface area contributed by atoms with Crippen LogP contribution in [-0.4, -0.2) is 109 Å². The zero-order chi connectivity index (χ0) is 20.3. The maximum Gasteiger partial charge on any atom is 0.217 e. The van der Waals surface area contributed by atoms with Crippen LogP contribution in [0, 0.1) is 0 Å². The van der Waals surface area contributed by atoms with Gasteiger partial charge in [-0.25, -0.2) is 0 Å². The Morgan fingerprint density at radius 3 is 2.07 bits per heavy atom. The summed E-state index contributed by atoms with van der Waals surface area (Å²) < 4.78 is 27.1. The van der Waals surface area contributed by atoms with Crippen molar-refractivity contribution in [1.29, 1.82) is 0 Å². The van der Waals surface area contributed by atoms with Gasteiger partial charge in [0.05, 0.1) is 12.7 Å². The number of amides is 1. The number of hydrogen-bond acceptors (Lipinski definition) is 10. The van der Waals surface area contributed by atoms with E-state index in [9.17, 15) is 25.2 Å². The first kappa shape index (κ1) is 28.1. The number of nitrogens with one attached hydrogen (secondary N) is 1. The van der Waals surface area contributed by atoms with Gasteiger partial charge in [0.25, 0.3) is 0 Å². The average Bonchev–Trinajstić information content (AvgIpc) is 2.63. The zero-order valence-electron chi connectivity index (χ0n) is 15.7. The van der Waals surface area contributed by atoms with E-state index in [-0.39, 0.29) is 14.9 Å². The molecule has 0 aliphatic carbocycles. The number of carbonyl (C=O) groups is 1. The van der Waals surface area contributed by atoms with Crippen LogP contribution in [0.4, 0.5) is 0 Å². The van der Waals surface area contributed by atoms with Crippen molar-refractivity contribution in [3.8, 4) is 0 Å². The van der Waals surface area contributed by atoms with Crippen molar-refractivity contribution >= 4 is 5.91 Å². The normalized spacial score (nSPS) is 42.3. The molecule has 2 saturated heterocycles. The predicted molar refractivity (Wildman–Crippen MR) is 102 cm³/mol. The third-order valence-electron chi connectivity index (χ3n) is 4.80. The highest BCUT2D eigenvalue weighted by Crippen LogP contribution is 2.30. The summed E-state index contributed by atoms with van der Waals surface area (Å²) in [5.41, 5.74) is 0. The van der Waals surface area contributed by atoms with Gasteiger partial charge in [-0.15, -0.1) is 0 Å². The minimum atomic E-state index is -1.36. The summed E-state index contributed by atoms with van der Waals surface area (Å²) in [7, 11) is 2.68. The van der Waals surface area contributed by atoms with Gasteiger partial charge in [-0.1, -0.05) is 14.9 Å². The van der Waals surface area contributed by atoms with E-state index in [4.69, 9.17) is 23.7 Å². The van der Waals surface area contributed by atoms with Crippen LogP contribution in [0.1, 0.15) is 28.7 Å². The minimum Gasteiger partial charge on any atom is -0.394 e. The van der Waals surface area contributed by atoms with E-state index in [0.29, 0.717) is 0 Å². The maximum atomic E-state index is 11.6. The zero-order valence-corrected chi connectivity index (χ0v) is 15.7. The Labute approximate surface area is 171 Å². The lowest BCUT2D eigenvalue weighted by atomic mass is 9.95. The third kappa shape index (κ3) is 6.06. The standard InChI is InChI=1S/C16H29NO10.2CH4/c1-6-13(11(21)12(22)16(24-4)25-6)27-15-9(17-7(2)19)14(23-3)10(20)8(5-18)26-15;;/h6,8-16,18,20-22H,5H2,1-4H3,(H,17,19);2*1H4. The molecule has 0 aromatic rings. The fourth-order valence-corrected chi connectivity index (χ4v) is 3.40. The van der Waals surface area contributed by atoms with Crippen LogP contribution in [0.3, 0.4) is 0 Å². The number of methoxy groups -OCH3 is 2. The van der Waals surface area contributed by atoms with Crippen molar-refractivity contribution in [3.63, 3.8) is 0 Å². The van der Waals surface area contributed by atoms with Crippen LogP contribution in [0.25, 0.3) is 0 Å². The van der Waals surface area contributed by atoms with Gasteiger partial charge >= 0.3 is 0 Å². The molecule has 0 saturated carbocycles. The number of rotatable bonds is 6. The highest BCUT2D eigenvalue weighted by molar-refractivity contribution is 5.73. The molecule has 0 spiro atoms. The second-order valence-corrected chi connectivity index (χ2v) is 6.67. The molecule has 174 valence electrons. The molecule has 2 fully saturated rings. The summed E-state index contributed by atoms with van der Waals surface area (Å²) in [4.78, 5) is 11.6. The SMILES string of the molecule is C.C.COC1OC(C)C(OC2OC(CO)C(O)C(OC)C2NC(C)=O)C(O)C1O. The lowest BCUT2D eigenvalue weighted by molar-refractivity contribution is -0.340. The fraction of sp³-hybridized carbons (Fsp3) is 0.944. The van der Waals surface area contributed by atoms with Crippen molar-refractivity contribution in [3.05, 3.63) is 0 Å². The Morgan fingerprint density at radius 2 is 1.59 bits per heavy atom. The van der Waals surface area contributed by atoms with Gasteiger partial charge in [-0.3, -0.25) is 4.79 Å². The molecule has 11 heteroatoms. The fourth-order valence-electron chi connectivity index (χ4n) is 3.40. The molecule has 11 nitrogen and oxygen atoms in total. The monoisotopic (exact) mass is 427 g/mol. The molecule has 1 amide bonds. The van der Waals surface area contributed by atoms with Crippen LogP contribution < -0.4 is 5.32 Å². The molecule has 2 rings (SSSR count). The molecule has 2 aliphatic heterocycles. The van der Waals surface area contributed by atoms with Crippen molar-refractivity contribution in [1.82, 2.24) is 5.32 Å². The van der Waals surface area contributed by atoms with Crippen LogP contribution in [0.15, 0.2) is 0 Å². The Balaban J connectivity index is 0.00000392. The van der Waals surface area contributed by atoms with E-state index >= 15 is 0 Å². The Morgan fingerprint density at radius 1 is 0.966 bits per heavy atom. The van der Waals surface area contributed by atoms with E-state index in [1.54, 1.807) is 6.92 Å². The minimum absolute atomic E-state index is 0. The van der Waals surface area contributed by atoms with Gasteiger partial charge in [0, 0.05) is 21.1 Å². The lowest BCUT2D eigenvalue weighted by Crippen LogP contribution is -2.67. The average molecular weight is 427 g/mol. The van der Waals surface area contributed by atoms with Gasteiger partial charge in [-0.05, 0) is 6.92 Å². The van der Waals surface area contributed by atoms with Gasteiger partial charge in [0.2, 0.25) is 5.91 Å². The first-order chi connectivity index (χ1) is 12.7. The largest absolute Gasteiger partial charge is 0.394 e. The van der Waals surface area contributed by atoms with Crippen LogP contribution >= 0.6 is 0 Å². The molecular weight excluding hydrogens is 390 g/mol. The molecule has 5 N–H and O–H groups in total. The molecular formula is C18H37NO10. The highest BCUT2D eigenvalue weighted by Gasteiger charge is 2.50. The second kappa shape index (κ2) is 12.1. The second-order valence-electron chi connectivity index (χ2n) is 6.67.